The van der Waals surface area contributed by atoms with E-state index in [4.69, 9.17) is 4.74 Å². The molecule has 5 rings (SSSR count). The predicted octanol–water partition coefficient (Wildman–Crippen LogP) is 5.98. The molecule has 1 aliphatic heterocycles. The van der Waals surface area contributed by atoms with Crippen LogP contribution >= 0.6 is 0 Å². The van der Waals surface area contributed by atoms with Crippen LogP contribution in [0.15, 0.2) is 97.2 Å². The number of aryl methyl sites for hydroxylation is 1. The Balaban J connectivity index is 1.44. The topological polar surface area (TPSA) is 175 Å². The number of ether oxygens (including phenoxy) is 1. The molecule has 13 heteroatoms. The van der Waals surface area contributed by atoms with E-state index < -0.39 is 53.6 Å². The van der Waals surface area contributed by atoms with Crippen molar-refractivity contribution in [2.45, 2.75) is 104 Å². The molecule has 3 heterocycles. The molecule has 5 amide bonds. The third-order valence-electron chi connectivity index (χ3n) is 11.3. The lowest BCUT2D eigenvalue weighted by atomic mass is 9.75. The van der Waals surface area contributed by atoms with Crippen LogP contribution in [0.25, 0.3) is 11.3 Å². The molecule has 60 heavy (non-hydrogen) atoms. The number of carbonyl (C=O) groups is 4. The van der Waals surface area contributed by atoms with Crippen molar-refractivity contribution in [3.05, 3.63) is 120 Å². The summed E-state index contributed by atoms with van der Waals surface area (Å²) in [6.07, 6.45) is 1.25. The van der Waals surface area contributed by atoms with Gasteiger partial charge in [0.05, 0.1) is 49.1 Å². The number of rotatable bonds is 18. The number of carbonyl (C=O) groups excluding carboxylic acids is 4. The monoisotopic (exact) mass is 819 g/mol. The van der Waals surface area contributed by atoms with Crippen molar-refractivity contribution in [1.29, 1.82) is 0 Å². The molecule has 0 aliphatic carbocycles. The molecule has 0 bridgehead atoms. The summed E-state index contributed by atoms with van der Waals surface area (Å²) in [6, 6.07) is 25.9. The van der Waals surface area contributed by atoms with Gasteiger partial charge in [0.2, 0.25) is 11.8 Å². The first-order valence-corrected chi connectivity index (χ1v) is 20.8. The number of hydrogen-bond donors (Lipinski definition) is 5. The molecule has 2 aromatic carbocycles. The van der Waals surface area contributed by atoms with Crippen LogP contribution < -0.4 is 21.3 Å². The average Bonchev–Trinajstić information content (AvgIpc) is 3.57. The van der Waals surface area contributed by atoms with Gasteiger partial charge in [-0.3, -0.25) is 19.6 Å². The Bertz CT molecular complexity index is 2030. The van der Waals surface area contributed by atoms with E-state index in [1.165, 1.54) is 7.11 Å². The summed E-state index contributed by atoms with van der Waals surface area (Å²) in [5.74, 6) is -1.59. The number of aliphatic hydroxyl groups is 1. The number of pyridine rings is 2. The van der Waals surface area contributed by atoms with E-state index >= 15 is 0 Å². The molecule has 1 saturated heterocycles. The van der Waals surface area contributed by atoms with Gasteiger partial charge in [-0.1, -0.05) is 108 Å². The van der Waals surface area contributed by atoms with Crippen molar-refractivity contribution >= 4 is 23.9 Å². The Kier molecular flexibility index (Phi) is 15.8. The van der Waals surface area contributed by atoms with E-state index in [0.717, 1.165) is 33.8 Å². The summed E-state index contributed by atoms with van der Waals surface area (Å²) in [6.45, 7) is 12.2. The second-order valence-electron chi connectivity index (χ2n) is 16.9. The number of nitrogens with zero attached hydrogens (tertiary/aromatic N) is 3. The minimum atomic E-state index is -1.13. The Morgan fingerprint density at radius 2 is 1.60 bits per heavy atom. The van der Waals surface area contributed by atoms with Gasteiger partial charge in [0, 0.05) is 30.0 Å². The molecule has 4 aromatic rings. The van der Waals surface area contributed by atoms with Crippen molar-refractivity contribution in [3.63, 3.8) is 0 Å². The Morgan fingerprint density at radius 3 is 2.23 bits per heavy atom. The average molecular weight is 820 g/mol. The molecule has 5 N–H and O–H groups in total. The van der Waals surface area contributed by atoms with Crippen molar-refractivity contribution in [2.75, 3.05) is 13.7 Å². The highest BCUT2D eigenvalue weighted by Gasteiger charge is 2.46. The zero-order valence-corrected chi connectivity index (χ0v) is 35.9. The molecule has 2 aromatic heterocycles. The van der Waals surface area contributed by atoms with E-state index in [0.29, 0.717) is 19.3 Å². The van der Waals surface area contributed by atoms with Crippen molar-refractivity contribution in [1.82, 2.24) is 36.1 Å². The summed E-state index contributed by atoms with van der Waals surface area (Å²) >= 11 is 0. The first kappa shape index (κ1) is 45.3. The highest BCUT2D eigenvalue weighted by Crippen LogP contribution is 2.34. The van der Waals surface area contributed by atoms with E-state index in [9.17, 15) is 24.3 Å². The number of hydrogen-bond acceptors (Lipinski definition) is 8. The summed E-state index contributed by atoms with van der Waals surface area (Å²) in [7, 11) is 1.25. The summed E-state index contributed by atoms with van der Waals surface area (Å²) in [4.78, 5) is 65.2. The number of nitrogens with one attached hydrogen (secondary N) is 4. The van der Waals surface area contributed by atoms with Crippen LogP contribution in [0.2, 0.25) is 0 Å². The number of aromatic nitrogens is 2. The standard InChI is InChI=1S/C47H61N7O6/c1-8-30(2)42(53-46(59)60-7)44(57)51-36(25-33-20-22-34(23-21-33)37-19-12-13-24-48-37)27-40(55)38(26-32-16-10-9-11-17-32)52-43(56)41(47(4,5)6)39-28-49-45(58)54(39)29-35-18-14-15-31(3)50-35/h9-24,30,36,38-42,55H,8,25-29H2,1-7H3,(H,49,58)(H,51,57)(H,52,56)(H,53,59)/t30?,36-,38-,39?,40-,41-,42-/m0/s1. The first-order chi connectivity index (χ1) is 28.7. The summed E-state index contributed by atoms with van der Waals surface area (Å²) in [5.41, 5.74) is 4.55. The Morgan fingerprint density at radius 1 is 0.900 bits per heavy atom. The summed E-state index contributed by atoms with van der Waals surface area (Å²) in [5, 5.41) is 24.3. The quantitative estimate of drug-likeness (QED) is 0.0815. The van der Waals surface area contributed by atoms with Gasteiger partial charge in [-0.25, -0.2) is 9.59 Å². The molecule has 1 aliphatic rings. The lowest BCUT2D eigenvalue weighted by Crippen LogP contribution is -2.56. The number of methoxy groups -OCH3 is 1. The number of alkyl carbamates (subject to hydrolysis) is 1. The van der Waals surface area contributed by atoms with Gasteiger partial charge in [-0.2, -0.15) is 0 Å². The van der Waals surface area contributed by atoms with Crippen molar-refractivity contribution in [2.24, 2.45) is 17.3 Å². The van der Waals surface area contributed by atoms with Gasteiger partial charge in [0.25, 0.3) is 0 Å². The molecule has 320 valence electrons. The molecular weight excluding hydrogens is 759 g/mol. The molecule has 2 unspecified atom stereocenters. The van der Waals surface area contributed by atoms with Crippen molar-refractivity contribution in [3.8, 4) is 11.3 Å². The zero-order valence-electron chi connectivity index (χ0n) is 35.9. The van der Waals surface area contributed by atoms with Crippen LogP contribution in [0, 0.1) is 24.2 Å². The van der Waals surface area contributed by atoms with E-state index in [1.54, 1.807) is 11.1 Å². The van der Waals surface area contributed by atoms with Crippen LogP contribution in [0.4, 0.5) is 9.59 Å². The molecule has 7 atom stereocenters. The number of aliphatic hydroxyl groups excluding tert-OH is 1. The molecule has 13 nitrogen and oxygen atoms in total. The van der Waals surface area contributed by atoms with Gasteiger partial charge in [0.1, 0.15) is 6.04 Å². The maximum Gasteiger partial charge on any atom is 0.407 e. The van der Waals surface area contributed by atoms with E-state index in [1.807, 2.05) is 133 Å². The van der Waals surface area contributed by atoms with Crippen LogP contribution in [0.5, 0.6) is 0 Å². The van der Waals surface area contributed by atoms with Crippen LogP contribution in [-0.4, -0.2) is 87.8 Å². The smallest absolute Gasteiger partial charge is 0.407 e. The van der Waals surface area contributed by atoms with E-state index in [2.05, 4.69) is 31.2 Å². The molecule has 0 spiro atoms. The normalized spacial score (nSPS) is 17.0. The van der Waals surface area contributed by atoms with Gasteiger partial charge in [0.15, 0.2) is 0 Å². The van der Waals surface area contributed by atoms with Gasteiger partial charge in [-0.05, 0) is 72.9 Å². The third kappa shape index (κ3) is 12.4. The second-order valence-corrected chi connectivity index (χ2v) is 16.9. The van der Waals surface area contributed by atoms with Crippen LogP contribution in [0.1, 0.15) is 70.0 Å². The maximum absolute atomic E-state index is 14.7. The first-order valence-electron chi connectivity index (χ1n) is 20.8. The molecular formula is C47H61N7O6. The fraction of sp³-hybridized carbons (Fsp3) is 0.447. The SMILES string of the molecule is CCC(C)[C@H](NC(=O)OC)C(=O)N[C@@H](Cc1ccc(-c2ccccn2)cc1)C[C@H](O)[C@H](Cc1ccccc1)NC(=O)[C@H](C1CNC(=O)N1Cc1cccc(C)n1)C(C)(C)C. The predicted molar refractivity (Wildman–Crippen MR) is 231 cm³/mol. The largest absolute Gasteiger partial charge is 0.453 e. The second kappa shape index (κ2) is 20.9. The lowest BCUT2D eigenvalue weighted by molar-refractivity contribution is -0.132. The summed E-state index contributed by atoms with van der Waals surface area (Å²) < 4.78 is 4.85. The Labute approximate surface area is 354 Å². The maximum atomic E-state index is 14.7. The molecule has 0 radical (unpaired) electrons. The van der Waals surface area contributed by atoms with Gasteiger partial charge >= 0.3 is 12.1 Å². The van der Waals surface area contributed by atoms with Crippen molar-refractivity contribution < 1.29 is 29.0 Å². The minimum Gasteiger partial charge on any atom is -0.453 e. The molecule has 0 saturated carbocycles. The minimum absolute atomic E-state index is 0.0752. The highest BCUT2D eigenvalue weighted by atomic mass is 16.5. The Hall–Kier alpha value is -5.82. The third-order valence-corrected chi connectivity index (χ3v) is 11.3. The number of amides is 5. The fourth-order valence-corrected chi connectivity index (χ4v) is 7.93. The fourth-order valence-electron chi connectivity index (χ4n) is 7.93. The number of benzene rings is 2. The lowest BCUT2D eigenvalue weighted by Gasteiger charge is -2.39. The van der Waals surface area contributed by atoms with Gasteiger partial charge < -0.3 is 36.0 Å². The number of urea groups is 1. The highest BCUT2D eigenvalue weighted by molar-refractivity contribution is 5.86. The van der Waals surface area contributed by atoms with Crippen LogP contribution in [-0.2, 0) is 33.7 Å². The van der Waals surface area contributed by atoms with Gasteiger partial charge in [-0.15, -0.1) is 0 Å². The van der Waals surface area contributed by atoms with E-state index in [-0.39, 0.29) is 37.4 Å². The van der Waals surface area contributed by atoms with Crippen LogP contribution in [0.3, 0.4) is 0 Å². The molecule has 1 fully saturated rings. The zero-order chi connectivity index (χ0) is 43.4.